The summed E-state index contributed by atoms with van der Waals surface area (Å²) in [5.74, 6) is 0. The first-order chi connectivity index (χ1) is 16.3. The van der Waals surface area contributed by atoms with Crippen molar-refractivity contribution in [1.29, 1.82) is 0 Å². The van der Waals surface area contributed by atoms with Gasteiger partial charge in [0.2, 0.25) is 0 Å². The summed E-state index contributed by atoms with van der Waals surface area (Å²) in [6, 6.07) is 2.52. The Balaban J connectivity index is 2.54. The molecule has 0 aliphatic heterocycles. The van der Waals surface area contributed by atoms with Crippen molar-refractivity contribution in [3.05, 3.63) is 66.4 Å². The fourth-order valence-electron chi connectivity index (χ4n) is 6.47. The zero-order chi connectivity index (χ0) is 26.3. The molecule has 2 aliphatic carbocycles. The summed E-state index contributed by atoms with van der Waals surface area (Å²) < 4.78 is 6.96. The van der Waals surface area contributed by atoms with Crippen molar-refractivity contribution in [3.8, 4) is 0 Å². The third kappa shape index (κ3) is 9.53. The molecule has 2 aliphatic rings. The van der Waals surface area contributed by atoms with E-state index in [0.29, 0.717) is 0 Å². The van der Waals surface area contributed by atoms with E-state index in [-0.39, 0.29) is 0 Å². The first-order valence-corrected chi connectivity index (χ1v) is 30.5. The molecule has 0 fully saturated rings. The third-order valence-corrected chi connectivity index (χ3v) is 31.4. The topological polar surface area (TPSA) is 0 Å². The van der Waals surface area contributed by atoms with Crippen molar-refractivity contribution in [3.63, 3.8) is 0 Å². The monoisotopic (exact) mass is 676 g/mol. The van der Waals surface area contributed by atoms with Crippen LogP contribution in [0.15, 0.2) is 66.4 Å². The maximum absolute atomic E-state index is 4.59. The SMILES string of the molecule is C=C(CC1=[C]([Hf]([CH2]CCC)([CH2]CCC)[C]2=C(CC(=C)C[Si](C)(C)C)C=CC2)CC=C1)C[Si](C)(C)C. The van der Waals surface area contributed by atoms with Crippen LogP contribution in [-0.4, -0.2) is 16.1 Å². The molecule has 0 bridgehead atoms. The first kappa shape index (κ1) is 31.0. The van der Waals surface area contributed by atoms with Gasteiger partial charge in [0.05, 0.1) is 0 Å². The molecular formula is C32H56HfSi2. The van der Waals surface area contributed by atoms with Crippen LogP contribution < -0.4 is 0 Å². The average Bonchev–Trinajstić information content (AvgIpc) is 3.36. The molecule has 0 saturated carbocycles. The summed E-state index contributed by atoms with van der Waals surface area (Å²) in [4.78, 5) is 0. The number of hydrogen-bond acceptors (Lipinski definition) is 0. The predicted octanol–water partition coefficient (Wildman–Crippen LogP) is 11.6. The Morgan fingerprint density at radius 1 is 0.714 bits per heavy atom. The van der Waals surface area contributed by atoms with Crippen LogP contribution in [0.5, 0.6) is 0 Å². The summed E-state index contributed by atoms with van der Waals surface area (Å²) in [7, 11) is -2.26. The molecule has 0 radical (unpaired) electrons. The quantitative estimate of drug-likeness (QED) is 0.113. The van der Waals surface area contributed by atoms with Crippen molar-refractivity contribution in [1.82, 2.24) is 0 Å². The summed E-state index contributed by atoms with van der Waals surface area (Å²) in [5.41, 5.74) is 6.36. The Morgan fingerprint density at radius 3 is 1.40 bits per heavy atom. The van der Waals surface area contributed by atoms with Gasteiger partial charge >= 0.3 is 227 Å². The zero-order valence-electron chi connectivity index (χ0n) is 24.7. The van der Waals surface area contributed by atoms with Crippen LogP contribution in [0, 0.1) is 0 Å². The van der Waals surface area contributed by atoms with Gasteiger partial charge in [-0.1, -0.05) is 0 Å². The Morgan fingerprint density at radius 2 is 1.09 bits per heavy atom. The van der Waals surface area contributed by atoms with E-state index in [1.165, 1.54) is 70.1 Å². The van der Waals surface area contributed by atoms with Gasteiger partial charge in [0, 0.05) is 0 Å². The zero-order valence-corrected chi connectivity index (χ0v) is 30.3. The molecule has 196 valence electrons. The van der Waals surface area contributed by atoms with E-state index in [2.05, 4.69) is 90.6 Å². The predicted molar refractivity (Wildman–Crippen MR) is 165 cm³/mol. The van der Waals surface area contributed by atoms with E-state index in [0.717, 1.165) is 12.8 Å². The Kier molecular flexibility index (Phi) is 12.0. The minimum atomic E-state index is -2.96. The molecule has 0 aromatic rings. The van der Waals surface area contributed by atoms with E-state index >= 15 is 0 Å². The summed E-state index contributed by atoms with van der Waals surface area (Å²) in [5, 5.41) is 0. The van der Waals surface area contributed by atoms with Crippen molar-refractivity contribution in [2.45, 2.75) is 125 Å². The van der Waals surface area contributed by atoms with Gasteiger partial charge in [0.25, 0.3) is 0 Å². The van der Waals surface area contributed by atoms with Crippen molar-refractivity contribution in [2.24, 2.45) is 0 Å². The van der Waals surface area contributed by atoms with Gasteiger partial charge in [-0.3, -0.25) is 0 Å². The van der Waals surface area contributed by atoms with Crippen LogP contribution in [0.2, 0.25) is 59.7 Å². The molecular weight excluding hydrogens is 619 g/mol. The normalized spacial score (nSPS) is 16.7. The molecule has 0 unspecified atom stereocenters. The van der Waals surface area contributed by atoms with Crippen LogP contribution in [0.25, 0.3) is 0 Å². The minimum absolute atomic E-state index is 1.13. The molecule has 0 spiro atoms. The molecule has 0 N–H and O–H groups in total. The van der Waals surface area contributed by atoms with E-state index < -0.39 is 36.1 Å². The molecule has 0 amide bonds. The summed E-state index contributed by atoms with van der Waals surface area (Å²) in [6.07, 6.45) is 20.2. The van der Waals surface area contributed by atoms with Crippen LogP contribution in [0.3, 0.4) is 0 Å². The number of hydrogen-bond donors (Lipinski definition) is 0. The standard InChI is InChI=1S/2C12H19Si.2C4H9.Hf/c2*1-11(10-13(2,3)4)9-12-7-5-6-8-12;2*1-3-4-2;/h2*5,7H,1,6,9-10H2,2-4H3;2*1,3-4H2,2H3;. The van der Waals surface area contributed by atoms with Crippen LogP contribution in [0.4, 0.5) is 0 Å². The van der Waals surface area contributed by atoms with E-state index in [1.807, 2.05) is 6.66 Å². The van der Waals surface area contributed by atoms with Crippen molar-refractivity contribution < 1.29 is 20.0 Å². The second-order valence-corrected chi connectivity index (χ2v) is 40.5. The molecule has 35 heavy (non-hydrogen) atoms. The summed E-state index contributed by atoms with van der Waals surface area (Å²) >= 11 is -2.96. The molecule has 0 saturated heterocycles. The second kappa shape index (κ2) is 13.5. The van der Waals surface area contributed by atoms with Gasteiger partial charge in [0.1, 0.15) is 0 Å². The van der Waals surface area contributed by atoms with Gasteiger partial charge in [-0.25, -0.2) is 0 Å². The number of allylic oxidation sites excluding steroid dienone is 10. The van der Waals surface area contributed by atoms with Crippen LogP contribution in [-0.2, 0) is 20.0 Å². The van der Waals surface area contributed by atoms with Gasteiger partial charge in [0.15, 0.2) is 0 Å². The van der Waals surface area contributed by atoms with Gasteiger partial charge in [-0.05, 0) is 0 Å². The fraction of sp³-hybridized carbons (Fsp3) is 0.625. The second-order valence-electron chi connectivity index (χ2n) is 13.8. The van der Waals surface area contributed by atoms with Gasteiger partial charge in [-0.15, -0.1) is 0 Å². The van der Waals surface area contributed by atoms with E-state index in [9.17, 15) is 0 Å². The van der Waals surface area contributed by atoms with Crippen LogP contribution >= 0.6 is 0 Å². The van der Waals surface area contributed by atoms with Gasteiger partial charge in [-0.2, -0.15) is 0 Å². The van der Waals surface area contributed by atoms with E-state index in [4.69, 9.17) is 0 Å². The molecule has 0 nitrogen and oxygen atoms in total. The maximum atomic E-state index is 4.59. The first-order valence-electron chi connectivity index (χ1n) is 14.4. The average molecular weight is 675 g/mol. The number of unbranched alkanes of at least 4 members (excludes halogenated alkanes) is 2. The summed E-state index contributed by atoms with van der Waals surface area (Å²) in [6.45, 7) is 28.9. The molecule has 0 aromatic heterocycles. The Hall–Kier alpha value is -0.256. The molecule has 3 heteroatoms. The van der Waals surface area contributed by atoms with Crippen molar-refractivity contribution >= 4 is 16.1 Å². The van der Waals surface area contributed by atoms with Crippen molar-refractivity contribution in [2.75, 3.05) is 0 Å². The number of rotatable bonds is 16. The van der Waals surface area contributed by atoms with Gasteiger partial charge < -0.3 is 0 Å². The molecule has 2 rings (SSSR count). The Bertz CT molecular complexity index is 810. The molecule has 0 heterocycles. The Labute approximate surface area is 226 Å². The fourth-order valence-corrected chi connectivity index (χ4v) is 32.4. The molecule has 0 aromatic carbocycles. The molecule has 0 atom stereocenters. The third-order valence-electron chi connectivity index (χ3n) is 7.57. The van der Waals surface area contributed by atoms with E-state index in [1.54, 1.807) is 11.1 Å². The van der Waals surface area contributed by atoms with Crippen LogP contribution in [0.1, 0.15) is 65.2 Å².